The van der Waals surface area contributed by atoms with Crippen LogP contribution in [0.25, 0.3) is 0 Å². The number of anilines is 1. The molecule has 0 unspecified atom stereocenters. The number of aromatic nitrogens is 1. The maximum atomic E-state index is 12.8. The van der Waals surface area contributed by atoms with Gasteiger partial charge in [-0.1, -0.05) is 41.4 Å². The summed E-state index contributed by atoms with van der Waals surface area (Å²) in [5.41, 5.74) is 0.309. The van der Waals surface area contributed by atoms with Crippen molar-refractivity contribution in [3.63, 3.8) is 0 Å². The number of sulfonamides is 1. The minimum Gasteiger partial charge on any atom is -0.454 e. The lowest BCUT2D eigenvalue weighted by Crippen LogP contribution is -2.14. The first-order chi connectivity index (χ1) is 12.0. The lowest BCUT2D eigenvalue weighted by Gasteiger charge is -2.15. The Morgan fingerprint density at radius 2 is 1.76 bits per heavy atom. The molecule has 0 saturated carbocycles. The summed E-state index contributed by atoms with van der Waals surface area (Å²) in [5, 5.41) is 0.264. The van der Waals surface area contributed by atoms with E-state index in [-0.39, 0.29) is 20.7 Å². The molecule has 128 valence electrons. The Labute approximate surface area is 155 Å². The van der Waals surface area contributed by atoms with Crippen molar-refractivity contribution in [1.82, 2.24) is 4.98 Å². The molecule has 25 heavy (non-hydrogen) atoms. The maximum Gasteiger partial charge on any atom is 0.265 e. The highest BCUT2D eigenvalue weighted by Gasteiger charge is 2.24. The fourth-order valence-electron chi connectivity index (χ4n) is 2.08. The molecule has 0 aliphatic rings. The van der Waals surface area contributed by atoms with Crippen LogP contribution in [0.3, 0.4) is 0 Å². The first-order valence-corrected chi connectivity index (χ1v) is 9.34. The molecule has 1 aromatic heterocycles. The summed E-state index contributed by atoms with van der Waals surface area (Å²) < 4.78 is 33.7. The zero-order valence-corrected chi connectivity index (χ0v) is 15.0. The van der Waals surface area contributed by atoms with Crippen LogP contribution in [-0.2, 0) is 10.0 Å². The monoisotopic (exact) mass is 394 g/mol. The van der Waals surface area contributed by atoms with Crippen LogP contribution in [0.15, 0.2) is 71.9 Å². The summed E-state index contributed by atoms with van der Waals surface area (Å²) in [5.74, 6) is 0.443. The van der Waals surface area contributed by atoms with Crippen LogP contribution in [0.5, 0.6) is 11.5 Å². The second-order valence-corrected chi connectivity index (χ2v) is 7.47. The Balaban J connectivity index is 2.05. The Bertz CT molecular complexity index is 982. The molecular weight excluding hydrogens is 383 g/mol. The molecule has 0 aliphatic heterocycles. The molecule has 1 N–H and O–H groups in total. The van der Waals surface area contributed by atoms with E-state index in [9.17, 15) is 8.42 Å². The maximum absolute atomic E-state index is 12.8. The Morgan fingerprint density at radius 3 is 2.44 bits per heavy atom. The van der Waals surface area contributed by atoms with E-state index in [0.29, 0.717) is 11.4 Å². The second kappa shape index (κ2) is 7.31. The zero-order chi connectivity index (χ0) is 17.9. The zero-order valence-electron chi connectivity index (χ0n) is 12.7. The lowest BCUT2D eigenvalue weighted by molar-refractivity contribution is 0.468. The third kappa shape index (κ3) is 4.22. The molecule has 0 atom stereocenters. The van der Waals surface area contributed by atoms with Crippen LogP contribution in [0.1, 0.15) is 0 Å². The molecule has 3 aromatic rings. The van der Waals surface area contributed by atoms with Crippen LogP contribution in [-0.4, -0.2) is 13.4 Å². The summed E-state index contributed by atoms with van der Waals surface area (Å²) in [6.45, 7) is 0. The molecule has 3 rings (SSSR count). The smallest absolute Gasteiger partial charge is 0.265 e. The van der Waals surface area contributed by atoms with E-state index < -0.39 is 10.0 Å². The molecule has 5 nitrogen and oxygen atoms in total. The van der Waals surface area contributed by atoms with Gasteiger partial charge in [-0.3, -0.25) is 9.71 Å². The lowest BCUT2D eigenvalue weighted by atomic mass is 10.3. The van der Waals surface area contributed by atoms with Gasteiger partial charge in [0.15, 0.2) is 5.75 Å². The van der Waals surface area contributed by atoms with Gasteiger partial charge in [0.2, 0.25) is 0 Å². The normalized spacial score (nSPS) is 11.1. The predicted molar refractivity (Wildman–Crippen MR) is 98.0 cm³/mol. The average Bonchev–Trinajstić information content (AvgIpc) is 2.58. The van der Waals surface area contributed by atoms with Gasteiger partial charge in [-0.25, -0.2) is 8.42 Å². The predicted octanol–water partition coefficient (Wildman–Crippen LogP) is 4.98. The molecule has 0 radical (unpaired) electrons. The molecule has 1 heterocycles. The van der Waals surface area contributed by atoms with E-state index in [1.807, 2.05) is 6.07 Å². The summed E-state index contributed by atoms with van der Waals surface area (Å²) in [6.07, 6.45) is 2.93. The van der Waals surface area contributed by atoms with Crippen LogP contribution < -0.4 is 9.46 Å². The van der Waals surface area contributed by atoms with Crippen molar-refractivity contribution in [3.05, 3.63) is 77.0 Å². The number of para-hydroxylation sites is 1. The minimum atomic E-state index is -3.99. The van der Waals surface area contributed by atoms with Crippen molar-refractivity contribution in [2.45, 2.75) is 4.90 Å². The first-order valence-electron chi connectivity index (χ1n) is 7.10. The number of halogens is 2. The molecule has 0 bridgehead atoms. The van der Waals surface area contributed by atoms with Crippen molar-refractivity contribution >= 4 is 38.9 Å². The molecule has 0 amide bonds. The number of nitrogens with zero attached hydrogens (tertiary/aromatic N) is 1. The van der Waals surface area contributed by atoms with Crippen LogP contribution in [0.4, 0.5) is 5.69 Å². The van der Waals surface area contributed by atoms with E-state index in [1.54, 1.807) is 36.4 Å². The van der Waals surface area contributed by atoms with E-state index in [0.717, 1.165) is 0 Å². The molecule has 0 aliphatic carbocycles. The van der Waals surface area contributed by atoms with Gasteiger partial charge in [-0.05, 0) is 36.4 Å². The van der Waals surface area contributed by atoms with Crippen molar-refractivity contribution in [1.29, 1.82) is 0 Å². The number of pyridine rings is 1. The molecule has 0 fully saturated rings. The largest absolute Gasteiger partial charge is 0.454 e. The fourth-order valence-corrected chi connectivity index (χ4v) is 3.95. The van der Waals surface area contributed by atoms with Crippen LogP contribution in [0, 0.1) is 0 Å². The van der Waals surface area contributed by atoms with Crippen molar-refractivity contribution in [2.75, 3.05) is 4.72 Å². The van der Waals surface area contributed by atoms with Crippen molar-refractivity contribution < 1.29 is 13.2 Å². The number of nitrogens with one attached hydrogen (secondary N) is 1. The second-order valence-electron chi connectivity index (χ2n) is 4.98. The SMILES string of the molecule is O=S(=O)(Nc1cccnc1)c1cc(Cl)cc(Cl)c1Oc1ccccc1. The Kier molecular flexibility index (Phi) is 5.13. The van der Waals surface area contributed by atoms with Gasteiger partial charge in [-0.2, -0.15) is 0 Å². The van der Waals surface area contributed by atoms with E-state index in [4.69, 9.17) is 27.9 Å². The highest BCUT2D eigenvalue weighted by Crippen LogP contribution is 2.38. The van der Waals surface area contributed by atoms with Gasteiger partial charge >= 0.3 is 0 Å². The topological polar surface area (TPSA) is 68.3 Å². The molecule has 2 aromatic carbocycles. The van der Waals surface area contributed by atoms with Crippen LogP contribution >= 0.6 is 23.2 Å². The van der Waals surface area contributed by atoms with Gasteiger partial charge in [0, 0.05) is 11.2 Å². The highest BCUT2D eigenvalue weighted by atomic mass is 35.5. The summed E-state index contributed by atoms with van der Waals surface area (Å²) >= 11 is 12.2. The molecule has 8 heteroatoms. The summed E-state index contributed by atoms with van der Waals surface area (Å²) in [4.78, 5) is 3.71. The van der Waals surface area contributed by atoms with Gasteiger partial charge < -0.3 is 4.74 Å². The van der Waals surface area contributed by atoms with E-state index in [1.165, 1.54) is 24.5 Å². The minimum absolute atomic E-state index is 0.00587. The van der Waals surface area contributed by atoms with Crippen molar-refractivity contribution in [3.8, 4) is 11.5 Å². The van der Waals surface area contributed by atoms with Crippen LogP contribution in [0.2, 0.25) is 10.0 Å². The third-order valence-electron chi connectivity index (χ3n) is 3.14. The van der Waals surface area contributed by atoms with Gasteiger partial charge in [0.25, 0.3) is 10.0 Å². The third-order valence-corrected chi connectivity index (χ3v) is 5.03. The summed E-state index contributed by atoms with van der Waals surface area (Å²) in [7, 11) is -3.99. The quantitative estimate of drug-likeness (QED) is 0.662. The number of hydrogen-bond donors (Lipinski definition) is 1. The number of ether oxygens (including phenoxy) is 1. The summed E-state index contributed by atoms with van der Waals surface area (Å²) in [6, 6.07) is 14.6. The van der Waals surface area contributed by atoms with Gasteiger partial charge in [-0.15, -0.1) is 0 Å². The number of rotatable bonds is 5. The Hall–Kier alpha value is -2.28. The first kappa shape index (κ1) is 17.5. The number of benzene rings is 2. The highest BCUT2D eigenvalue weighted by molar-refractivity contribution is 7.92. The standard InChI is InChI=1S/C17H12Cl2N2O3S/c18-12-9-15(19)17(24-14-6-2-1-3-7-14)16(10-12)25(22,23)21-13-5-4-8-20-11-13/h1-11,21H. The molecule has 0 saturated heterocycles. The molecule has 0 spiro atoms. The number of hydrogen-bond acceptors (Lipinski definition) is 4. The fraction of sp³-hybridized carbons (Fsp3) is 0. The average molecular weight is 395 g/mol. The van der Waals surface area contributed by atoms with Gasteiger partial charge in [0.1, 0.15) is 10.6 Å². The van der Waals surface area contributed by atoms with Gasteiger partial charge in [0.05, 0.1) is 16.9 Å². The van der Waals surface area contributed by atoms with E-state index >= 15 is 0 Å². The van der Waals surface area contributed by atoms with Crippen molar-refractivity contribution in [2.24, 2.45) is 0 Å². The Morgan fingerprint density at radius 1 is 1.00 bits per heavy atom. The molecular formula is C17H12Cl2N2O3S. The van der Waals surface area contributed by atoms with E-state index in [2.05, 4.69) is 9.71 Å².